The second-order valence-electron chi connectivity index (χ2n) is 3.97. The van der Waals surface area contributed by atoms with Crippen molar-refractivity contribution in [3.63, 3.8) is 0 Å². The number of carbonyl (C=O) groups is 1. The van der Waals surface area contributed by atoms with Gasteiger partial charge in [-0.1, -0.05) is 17.7 Å². The number of benzene rings is 1. The maximum Gasteiger partial charge on any atom is 0.257 e. The van der Waals surface area contributed by atoms with Crippen molar-refractivity contribution in [3.05, 3.63) is 53.3 Å². The zero-order valence-corrected chi connectivity index (χ0v) is 11.4. The van der Waals surface area contributed by atoms with Gasteiger partial charge in [-0.15, -0.1) is 0 Å². The summed E-state index contributed by atoms with van der Waals surface area (Å²) in [5, 5.41) is 3.06. The van der Waals surface area contributed by atoms with Crippen LogP contribution in [0.3, 0.4) is 0 Å². The van der Waals surface area contributed by atoms with Crippen LogP contribution in [0.5, 0.6) is 5.75 Å². The molecule has 5 nitrogen and oxygen atoms in total. The van der Waals surface area contributed by atoms with E-state index in [4.69, 9.17) is 22.1 Å². The second-order valence-corrected chi connectivity index (χ2v) is 4.38. The largest absolute Gasteiger partial charge is 0.492 e. The summed E-state index contributed by atoms with van der Waals surface area (Å²) in [4.78, 5) is 15.9. The van der Waals surface area contributed by atoms with E-state index in [1.807, 2.05) is 0 Å². The van der Waals surface area contributed by atoms with Crippen LogP contribution in [0.4, 0.5) is 5.69 Å². The predicted octanol–water partition coefficient (Wildman–Crippen LogP) is 2.32. The molecule has 6 heteroatoms. The summed E-state index contributed by atoms with van der Waals surface area (Å²) in [6.07, 6.45) is 2.94. The molecule has 1 amide bonds. The first-order valence-electron chi connectivity index (χ1n) is 6.04. The van der Waals surface area contributed by atoms with Crippen molar-refractivity contribution < 1.29 is 9.53 Å². The van der Waals surface area contributed by atoms with E-state index in [1.165, 1.54) is 12.4 Å². The van der Waals surface area contributed by atoms with Crippen LogP contribution in [0.25, 0.3) is 0 Å². The number of halogens is 1. The standard InChI is InChI=1S/C14H14ClN3O2/c15-13-9-17-6-4-12(13)14(19)18-10-2-1-3-11(8-10)20-7-5-16/h1-4,6,8-9H,5,7,16H2,(H,18,19). The van der Waals surface area contributed by atoms with E-state index in [1.54, 1.807) is 30.3 Å². The number of carbonyl (C=O) groups excluding carboxylic acids is 1. The van der Waals surface area contributed by atoms with Gasteiger partial charge in [0.15, 0.2) is 0 Å². The Morgan fingerprint density at radius 1 is 1.40 bits per heavy atom. The summed E-state index contributed by atoms with van der Waals surface area (Å²) in [6, 6.07) is 8.64. The highest BCUT2D eigenvalue weighted by Crippen LogP contribution is 2.20. The molecule has 0 aliphatic carbocycles. The molecule has 0 fully saturated rings. The summed E-state index contributed by atoms with van der Waals surface area (Å²) in [5.74, 6) is 0.349. The number of nitrogens with zero attached hydrogens (tertiary/aromatic N) is 1. The van der Waals surface area contributed by atoms with Crippen molar-refractivity contribution in [2.24, 2.45) is 5.73 Å². The first-order valence-corrected chi connectivity index (χ1v) is 6.42. The fourth-order valence-electron chi connectivity index (χ4n) is 1.60. The summed E-state index contributed by atoms with van der Waals surface area (Å²) < 4.78 is 5.39. The van der Waals surface area contributed by atoms with Gasteiger partial charge in [0.05, 0.1) is 10.6 Å². The van der Waals surface area contributed by atoms with Crippen molar-refractivity contribution in [1.82, 2.24) is 4.98 Å². The van der Waals surface area contributed by atoms with Gasteiger partial charge in [0.1, 0.15) is 12.4 Å². The normalized spacial score (nSPS) is 10.1. The average Bonchev–Trinajstić information content (AvgIpc) is 2.46. The molecule has 104 valence electrons. The van der Waals surface area contributed by atoms with E-state index in [0.29, 0.717) is 35.2 Å². The van der Waals surface area contributed by atoms with Crippen molar-refractivity contribution in [1.29, 1.82) is 0 Å². The second kappa shape index (κ2) is 6.88. The van der Waals surface area contributed by atoms with E-state index >= 15 is 0 Å². The summed E-state index contributed by atoms with van der Waals surface area (Å²) in [6.45, 7) is 0.858. The molecular weight excluding hydrogens is 278 g/mol. The molecule has 0 atom stereocenters. The fourth-order valence-corrected chi connectivity index (χ4v) is 1.80. The lowest BCUT2D eigenvalue weighted by Crippen LogP contribution is -2.13. The van der Waals surface area contributed by atoms with Crippen LogP contribution >= 0.6 is 11.6 Å². The SMILES string of the molecule is NCCOc1cccc(NC(=O)c2ccncc2Cl)c1. The molecule has 2 aromatic rings. The quantitative estimate of drug-likeness (QED) is 0.886. The molecule has 0 spiro atoms. The molecular formula is C14H14ClN3O2. The van der Waals surface area contributed by atoms with Gasteiger partial charge in [0, 0.05) is 30.7 Å². The van der Waals surface area contributed by atoms with Crippen LogP contribution in [0, 0.1) is 0 Å². The highest BCUT2D eigenvalue weighted by Gasteiger charge is 2.10. The van der Waals surface area contributed by atoms with Crippen LogP contribution in [0.1, 0.15) is 10.4 Å². The van der Waals surface area contributed by atoms with E-state index in [-0.39, 0.29) is 5.91 Å². The van der Waals surface area contributed by atoms with Crippen LogP contribution in [0.2, 0.25) is 5.02 Å². The number of rotatable bonds is 5. The number of hydrogen-bond donors (Lipinski definition) is 2. The molecule has 0 bridgehead atoms. The third-order valence-corrected chi connectivity index (χ3v) is 2.80. The van der Waals surface area contributed by atoms with Crippen molar-refractivity contribution in [3.8, 4) is 5.75 Å². The highest BCUT2D eigenvalue weighted by atomic mass is 35.5. The molecule has 20 heavy (non-hydrogen) atoms. The molecule has 2 rings (SSSR count). The van der Waals surface area contributed by atoms with Gasteiger partial charge in [0.25, 0.3) is 5.91 Å². The van der Waals surface area contributed by atoms with E-state index < -0.39 is 0 Å². The van der Waals surface area contributed by atoms with Gasteiger partial charge < -0.3 is 15.8 Å². The Balaban J connectivity index is 2.10. The Labute approximate surface area is 121 Å². The minimum atomic E-state index is -0.298. The number of ether oxygens (including phenoxy) is 1. The van der Waals surface area contributed by atoms with Crippen molar-refractivity contribution >= 4 is 23.2 Å². The topological polar surface area (TPSA) is 77.2 Å². The monoisotopic (exact) mass is 291 g/mol. The molecule has 0 saturated carbocycles. The maximum absolute atomic E-state index is 12.1. The lowest BCUT2D eigenvalue weighted by Gasteiger charge is -2.09. The van der Waals surface area contributed by atoms with Gasteiger partial charge in [-0.2, -0.15) is 0 Å². The molecule has 0 aliphatic rings. The Hall–Kier alpha value is -2.11. The van der Waals surface area contributed by atoms with E-state index in [2.05, 4.69) is 10.3 Å². The fraction of sp³-hybridized carbons (Fsp3) is 0.143. The third kappa shape index (κ3) is 3.69. The Morgan fingerprint density at radius 3 is 3.00 bits per heavy atom. The zero-order chi connectivity index (χ0) is 14.4. The minimum absolute atomic E-state index is 0.298. The lowest BCUT2D eigenvalue weighted by atomic mass is 10.2. The highest BCUT2D eigenvalue weighted by molar-refractivity contribution is 6.34. The molecule has 0 radical (unpaired) electrons. The van der Waals surface area contributed by atoms with Gasteiger partial charge >= 0.3 is 0 Å². The Kier molecular flexibility index (Phi) is 4.92. The number of hydrogen-bond acceptors (Lipinski definition) is 4. The van der Waals surface area contributed by atoms with Gasteiger partial charge in [-0.3, -0.25) is 9.78 Å². The Bertz CT molecular complexity index is 604. The summed E-state index contributed by atoms with van der Waals surface area (Å²) >= 11 is 5.92. The average molecular weight is 292 g/mol. The molecule has 1 heterocycles. The molecule has 1 aromatic carbocycles. The Morgan fingerprint density at radius 2 is 2.25 bits per heavy atom. The smallest absolute Gasteiger partial charge is 0.257 e. The predicted molar refractivity (Wildman–Crippen MR) is 78.2 cm³/mol. The number of amides is 1. The number of pyridine rings is 1. The molecule has 0 unspecified atom stereocenters. The molecule has 0 saturated heterocycles. The molecule has 0 aliphatic heterocycles. The number of aromatic nitrogens is 1. The molecule has 1 aromatic heterocycles. The van der Waals surface area contributed by atoms with Crippen LogP contribution in [-0.4, -0.2) is 24.0 Å². The number of anilines is 1. The maximum atomic E-state index is 12.1. The lowest BCUT2D eigenvalue weighted by molar-refractivity contribution is 0.102. The van der Waals surface area contributed by atoms with Gasteiger partial charge in [-0.05, 0) is 18.2 Å². The van der Waals surface area contributed by atoms with Gasteiger partial charge in [-0.25, -0.2) is 0 Å². The zero-order valence-electron chi connectivity index (χ0n) is 10.7. The van der Waals surface area contributed by atoms with E-state index in [9.17, 15) is 4.79 Å². The van der Waals surface area contributed by atoms with Gasteiger partial charge in [0.2, 0.25) is 0 Å². The summed E-state index contributed by atoms with van der Waals surface area (Å²) in [5.41, 5.74) is 6.37. The van der Waals surface area contributed by atoms with Crippen LogP contribution in [-0.2, 0) is 0 Å². The first kappa shape index (κ1) is 14.3. The third-order valence-electron chi connectivity index (χ3n) is 2.50. The number of nitrogens with one attached hydrogen (secondary N) is 1. The van der Waals surface area contributed by atoms with Crippen molar-refractivity contribution in [2.75, 3.05) is 18.5 Å². The minimum Gasteiger partial charge on any atom is -0.492 e. The van der Waals surface area contributed by atoms with Crippen LogP contribution in [0.15, 0.2) is 42.7 Å². The molecule has 3 N–H and O–H groups in total. The summed E-state index contributed by atoms with van der Waals surface area (Å²) in [7, 11) is 0. The first-order chi connectivity index (χ1) is 9.70. The van der Waals surface area contributed by atoms with E-state index in [0.717, 1.165) is 0 Å². The number of nitrogens with two attached hydrogens (primary N) is 1. The van der Waals surface area contributed by atoms with Crippen LogP contribution < -0.4 is 15.8 Å². The van der Waals surface area contributed by atoms with Crippen molar-refractivity contribution in [2.45, 2.75) is 0 Å².